The average molecular weight is 228 g/mol. The molecule has 1 fully saturated rings. The van der Waals surface area contributed by atoms with Crippen LogP contribution in [0.25, 0.3) is 0 Å². The zero-order valence-electron chi connectivity index (χ0n) is 11.3. The number of methoxy groups -OCH3 is 1. The summed E-state index contributed by atoms with van der Waals surface area (Å²) in [7, 11) is 1.80. The highest BCUT2D eigenvalue weighted by atomic mass is 16.5. The molecule has 1 rings (SSSR count). The Morgan fingerprint density at radius 1 is 1.38 bits per heavy atom. The third-order valence-corrected chi connectivity index (χ3v) is 4.29. The van der Waals surface area contributed by atoms with E-state index in [4.69, 9.17) is 10.5 Å². The molecule has 0 saturated heterocycles. The summed E-state index contributed by atoms with van der Waals surface area (Å²) >= 11 is 0. The smallest absolute Gasteiger partial charge is 0.0695 e. The molecule has 4 unspecified atom stereocenters. The van der Waals surface area contributed by atoms with Crippen LogP contribution in [0.4, 0.5) is 0 Å². The Balaban J connectivity index is 2.65. The summed E-state index contributed by atoms with van der Waals surface area (Å²) in [6.07, 6.45) is 4.22. The number of hydrogen-bond acceptors (Lipinski definition) is 3. The Hall–Kier alpha value is -0.120. The Morgan fingerprint density at radius 3 is 2.56 bits per heavy atom. The number of nitrogens with two attached hydrogens (primary N) is 1. The molecule has 96 valence electrons. The summed E-state index contributed by atoms with van der Waals surface area (Å²) in [5.74, 6) is 0.687. The molecule has 0 aromatic rings. The third-order valence-electron chi connectivity index (χ3n) is 4.29. The first-order valence-corrected chi connectivity index (χ1v) is 6.64. The minimum Gasteiger partial charge on any atom is -0.380 e. The van der Waals surface area contributed by atoms with Crippen molar-refractivity contribution in [3.05, 3.63) is 0 Å². The number of likely N-dealkylation sites (N-methyl/N-ethyl adjacent to an activating group) is 1. The van der Waals surface area contributed by atoms with Gasteiger partial charge in [0.2, 0.25) is 0 Å². The van der Waals surface area contributed by atoms with E-state index >= 15 is 0 Å². The Bertz CT molecular complexity index is 198. The molecule has 4 atom stereocenters. The molecule has 1 aliphatic carbocycles. The zero-order chi connectivity index (χ0) is 12.1. The maximum atomic E-state index is 5.87. The summed E-state index contributed by atoms with van der Waals surface area (Å²) in [6, 6.07) is 1.15. The minimum absolute atomic E-state index is 0.291. The van der Waals surface area contributed by atoms with E-state index in [0.717, 1.165) is 13.1 Å². The second-order valence-electron chi connectivity index (χ2n) is 5.01. The van der Waals surface area contributed by atoms with E-state index in [1.807, 2.05) is 0 Å². The van der Waals surface area contributed by atoms with Gasteiger partial charge in [0, 0.05) is 19.2 Å². The van der Waals surface area contributed by atoms with Crippen molar-refractivity contribution in [1.29, 1.82) is 0 Å². The second kappa shape index (κ2) is 6.58. The molecule has 0 heterocycles. The zero-order valence-corrected chi connectivity index (χ0v) is 11.3. The molecular weight excluding hydrogens is 200 g/mol. The average Bonchev–Trinajstić information content (AvgIpc) is 2.77. The summed E-state index contributed by atoms with van der Waals surface area (Å²) in [5, 5.41) is 0. The molecule has 0 bridgehead atoms. The van der Waals surface area contributed by atoms with Gasteiger partial charge < -0.3 is 10.5 Å². The Labute approximate surface area is 100 Å². The van der Waals surface area contributed by atoms with Gasteiger partial charge in [-0.1, -0.05) is 13.3 Å². The third kappa shape index (κ3) is 2.96. The topological polar surface area (TPSA) is 38.5 Å². The predicted octanol–water partition coefficient (Wildman–Crippen LogP) is 1.86. The van der Waals surface area contributed by atoms with E-state index in [0.29, 0.717) is 24.1 Å². The van der Waals surface area contributed by atoms with Crippen LogP contribution >= 0.6 is 0 Å². The molecule has 0 aromatic carbocycles. The maximum absolute atomic E-state index is 5.87. The van der Waals surface area contributed by atoms with E-state index < -0.39 is 0 Å². The van der Waals surface area contributed by atoms with Crippen molar-refractivity contribution in [2.45, 2.75) is 58.2 Å². The highest BCUT2D eigenvalue weighted by Gasteiger charge is 2.34. The first kappa shape index (κ1) is 13.9. The molecule has 1 saturated carbocycles. The highest BCUT2D eigenvalue weighted by Crippen LogP contribution is 2.31. The van der Waals surface area contributed by atoms with E-state index in [-0.39, 0.29) is 0 Å². The van der Waals surface area contributed by atoms with Gasteiger partial charge in [-0.25, -0.2) is 0 Å². The van der Waals surface area contributed by atoms with E-state index in [1.165, 1.54) is 19.3 Å². The molecule has 3 heteroatoms. The lowest BCUT2D eigenvalue weighted by Crippen LogP contribution is -2.49. The SMILES string of the molecule is CCN(C(C)C(C)OC)C1CCCC1CN. The number of nitrogens with zero attached hydrogens (tertiary/aromatic N) is 1. The molecule has 0 amide bonds. The lowest BCUT2D eigenvalue weighted by atomic mass is 9.99. The maximum Gasteiger partial charge on any atom is 0.0695 e. The molecule has 0 spiro atoms. The van der Waals surface area contributed by atoms with Gasteiger partial charge in [0.25, 0.3) is 0 Å². The fourth-order valence-corrected chi connectivity index (χ4v) is 3.02. The summed E-state index contributed by atoms with van der Waals surface area (Å²) < 4.78 is 5.45. The molecule has 0 radical (unpaired) electrons. The lowest BCUT2D eigenvalue weighted by Gasteiger charge is -2.38. The van der Waals surface area contributed by atoms with Crippen LogP contribution in [0.2, 0.25) is 0 Å². The van der Waals surface area contributed by atoms with Crippen LogP contribution in [0.15, 0.2) is 0 Å². The largest absolute Gasteiger partial charge is 0.380 e. The van der Waals surface area contributed by atoms with Crippen molar-refractivity contribution in [3.8, 4) is 0 Å². The van der Waals surface area contributed by atoms with Crippen molar-refractivity contribution in [3.63, 3.8) is 0 Å². The van der Waals surface area contributed by atoms with Crippen LogP contribution in [0.5, 0.6) is 0 Å². The summed E-state index contributed by atoms with van der Waals surface area (Å²) in [6.45, 7) is 8.58. The Morgan fingerprint density at radius 2 is 2.06 bits per heavy atom. The standard InChI is InChI=1S/C13H28N2O/c1-5-15(10(2)11(3)16-4)13-8-6-7-12(13)9-14/h10-13H,5-9,14H2,1-4H3. The minimum atomic E-state index is 0.291. The van der Waals surface area contributed by atoms with Gasteiger partial charge in [-0.15, -0.1) is 0 Å². The van der Waals surface area contributed by atoms with Gasteiger partial charge in [0.1, 0.15) is 0 Å². The van der Waals surface area contributed by atoms with Crippen LogP contribution in [0.3, 0.4) is 0 Å². The molecule has 0 aliphatic heterocycles. The van der Waals surface area contributed by atoms with Gasteiger partial charge in [-0.3, -0.25) is 4.90 Å². The van der Waals surface area contributed by atoms with Crippen LogP contribution < -0.4 is 5.73 Å². The van der Waals surface area contributed by atoms with Gasteiger partial charge in [-0.2, -0.15) is 0 Å². The first-order chi connectivity index (χ1) is 7.65. The normalized spacial score (nSPS) is 29.6. The fraction of sp³-hybridized carbons (Fsp3) is 1.00. The molecule has 0 aromatic heterocycles. The van der Waals surface area contributed by atoms with E-state index in [9.17, 15) is 0 Å². The van der Waals surface area contributed by atoms with Crippen molar-refractivity contribution in [2.24, 2.45) is 11.7 Å². The first-order valence-electron chi connectivity index (χ1n) is 6.64. The van der Waals surface area contributed by atoms with Gasteiger partial charge in [-0.05, 0) is 45.7 Å². The van der Waals surface area contributed by atoms with Gasteiger partial charge in [0.15, 0.2) is 0 Å². The fourth-order valence-electron chi connectivity index (χ4n) is 3.02. The van der Waals surface area contributed by atoms with Crippen LogP contribution in [-0.2, 0) is 4.74 Å². The van der Waals surface area contributed by atoms with E-state index in [1.54, 1.807) is 7.11 Å². The van der Waals surface area contributed by atoms with Crippen molar-refractivity contribution in [2.75, 3.05) is 20.2 Å². The predicted molar refractivity (Wildman–Crippen MR) is 68.5 cm³/mol. The van der Waals surface area contributed by atoms with Crippen LogP contribution in [0, 0.1) is 5.92 Å². The highest BCUT2D eigenvalue weighted by molar-refractivity contribution is 4.89. The summed E-state index contributed by atoms with van der Waals surface area (Å²) in [4.78, 5) is 2.58. The number of ether oxygens (including phenoxy) is 1. The molecule has 16 heavy (non-hydrogen) atoms. The van der Waals surface area contributed by atoms with E-state index in [2.05, 4.69) is 25.7 Å². The van der Waals surface area contributed by atoms with Crippen LogP contribution in [0.1, 0.15) is 40.0 Å². The molecular formula is C13H28N2O. The second-order valence-corrected chi connectivity index (χ2v) is 5.01. The molecule has 2 N–H and O–H groups in total. The number of rotatable bonds is 6. The van der Waals surface area contributed by atoms with Crippen LogP contribution in [-0.4, -0.2) is 43.3 Å². The monoisotopic (exact) mass is 228 g/mol. The summed E-state index contributed by atoms with van der Waals surface area (Å²) in [5.41, 5.74) is 5.87. The molecule has 3 nitrogen and oxygen atoms in total. The van der Waals surface area contributed by atoms with Crippen molar-refractivity contribution in [1.82, 2.24) is 4.90 Å². The van der Waals surface area contributed by atoms with Crippen molar-refractivity contribution < 1.29 is 4.74 Å². The van der Waals surface area contributed by atoms with Gasteiger partial charge in [0.05, 0.1) is 6.10 Å². The Kier molecular flexibility index (Phi) is 5.73. The van der Waals surface area contributed by atoms with Crippen molar-refractivity contribution >= 4 is 0 Å². The number of hydrogen-bond donors (Lipinski definition) is 1. The lowest BCUT2D eigenvalue weighted by molar-refractivity contribution is 0.00880. The molecule has 1 aliphatic rings. The van der Waals surface area contributed by atoms with Gasteiger partial charge >= 0.3 is 0 Å². The quantitative estimate of drug-likeness (QED) is 0.754.